The van der Waals surface area contributed by atoms with E-state index in [1.165, 1.54) is 24.1 Å². The fraction of sp³-hybridized carbons (Fsp3) is 0.304. The molecule has 2 aromatic carbocycles. The van der Waals surface area contributed by atoms with Gasteiger partial charge < -0.3 is 10.2 Å². The molecule has 11 heteroatoms. The summed E-state index contributed by atoms with van der Waals surface area (Å²) < 4.78 is 67.4. The molecule has 0 radical (unpaired) electrons. The fourth-order valence-electron chi connectivity index (χ4n) is 3.93. The largest absolute Gasteiger partial charge is 0.410 e. The first-order chi connectivity index (χ1) is 16.1. The maximum Gasteiger partial charge on any atom is 0.410 e. The van der Waals surface area contributed by atoms with E-state index in [1.54, 1.807) is 48.5 Å². The maximum absolute atomic E-state index is 13.8. The van der Waals surface area contributed by atoms with E-state index >= 15 is 0 Å². The number of amides is 1. The lowest BCUT2D eigenvalue weighted by molar-refractivity contribution is -0.173. The Hall–Kier alpha value is -3.34. The van der Waals surface area contributed by atoms with Crippen molar-refractivity contribution in [1.82, 2.24) is 14.7 Å². The van der Waals surface area contributed by atoms with Gasteiger partial charge in [0.05, 0.1) is 22.9 Å². The number of fused-ring (bicyclic) bond motifs is 1. The molecule has 1 N–H and O–H groups in total. The van der Waals surface area contributed by atoms with Crippen molar-refractivity contribution in [3.05, 3.63) is 78.0 Å². The molecule has 34 heavy (non-hydrogen) atoms. The lowest BCUT2D eigenvalue weighted by Crippen LogP contribution is -2.37. The average Bonchev–Trinajstić information content (AvgIpc) is 3.26. The topological polar surface area (TPSA) is 84.3 Å². The van der Waals surface area contributed by atoms with Crippen molar-refractivity contribution in [3.63, 3.8) is 0 Å². The monoisotopic (exact) mass is 492 g/mol. The molecule has 0 saturated carbocycles. The van der Waals surface area contributed by atoms with E-state index in [2.05, 4.69) is 10.4 Å². The zero-order valence-corrected chi connectivity index (χ0v) is 19.1. The average molecular weight is 493 g/mol. The highest BCUT2D eigenvalue weighted by Gasteiger charge is 2.47. The van der Waals surface area contributed by atoms with Crippen molar-refractivity contribution < 1.29 is 26.4 Å². The molecule has 2 atom stereocenters. The summed E-state index contributed by atoms with van der Waals surface area (Å²) >= 11 is 0. The van der Waals surface area contributed by atoms with Gasteiger partial charge in [0.15, 0.2) is 15.9 Å². The SMILES string of the molecule is CN(CCS(=O)(=O)c1ccccc1)C(=O)c1cnn2c1NC(c1ccccc1)CC2C(F)(F)F. The minimum Gasteiger partial charge on any atom is -0.363 e. The molecule has 0 spiro atoms. The standard InChI is InChI=1S/C23H23F3N4O3S/c1-29(12-13-34(32,33)17-10-6-3-7-11-17)22(31)18-15-27-30-20(23(24,25)26)14-19(28-21(18)30)16-8-4-2-5-9-16/h2-11,15,19-20,28H,12-14H2,1H3. The molecule has 0 bridgehead atoms. The molecule has 1 aliphatic rings. The van der Waals surface area contributed by atoms with Gasteiger partial charge in [-0.05, 0) is 17.7 Å². The number of hydrogen-bond donors (Lipinski definition) is 1. The predicted octanol–water partition coefficient (Wildman–Crippen LogP) is 4.09. The Morgan fingerprint density at radius 2 is 1.74 bits per heavy atom. The molecule has 2 unspecified atom stereocenters. The molecule has 180 valence electrons. The van der Waals surface area contributed by atoms with Crippen LogP contribution in [-0.4, -0.2) is 54.5 Å². The Balaban J connectivity index is 1.57. The van der Waals surface area contributed by atoms with Crippen LogP contribution in [0.1, 0.15) is 34.4 Å². The van der Waals surface area contributed by atoms with Crippen LogP contribution in [0.5, 0.6) is 0 Å². The van der Waals surface area contributed by atoms with Crippen LogP contribution in [0.2, 0.25) is 0 Å². The fourth-order valence-corrected chi connectivity index (χ4v) is 5.25. The number of nitrogens with one attached hydrogen (secondary N) is 1. The summed E-state index contributed by atoms with van der Waals surface area (Å²) in [6.45, 7) is -0.133. The third-order valence-corrected chi connectivity index (χ3v) is 7.53. The van der Waals surface area contributed by atoms with Crippen molar-refractivity contribution in [1.29, 1.82) is 0 Å². The van der Waals surface area contributed by atoms with Crippen molar-refractivity contribution in [3.8, 4) is 0 Å². The Morgan fingerprint density at radius 3 is 2.35 bits per heavy atom. The number of hydrogen-bond acceptors (Lipinski definition) is 5. The molecule has 7 nitrogen and oxygen atoms in total. The van der Waals surface area contributed by atoms with Crippen LogP contribution in [0.3, 0.4) is 0 Å². The van der Waals surface area contributed by atoms with Crippen LogP contribution in [-0.2, 0) is 9.84 Å². The van der Waals surface area contributed by atoms with Gasteiger partial charge in [-0.2, -0.15) is 18.3 Å². The van der Waals surface area contributed by atoms with Crippen LogP contribution in [0.4, 0.5) is 19.0 Å². The number of nitrogens with zero attached hydrogens (tertiary/aromatic N) is 3. The predicted molar refractivity (Wildman–Crippen MR) is 120 cm³/mol. The highest BCUT2D eigenvalue weighted by Crippen LogP contribution is 2.44. The van der Waals surface area contributed by atoms with Gasteiger partial charge in [-0.1, -0.05) is 48.5 Å². The number of anilines is 1. The van der Waals surface area contributed by atoms with E-state index < -0.39 is 34.0 Å². The molecular weight excluding hydrogens is 469 g/mol. The van der Waals surface area contributed by atoms with Gasteiger partial charge in [-0.3, -0.25) is 4.79 Å². The minimum absolute atomic E-state index is 0.0369. The summed E-state index contributed by atoms with van der Waals surface area (Å²) in [5.41, 5.74) is 0.611. The normalized spacial score (nSPS) is 18.1. The van der Waals surface area contributed by atoms with Crippen LogP contribution in [0.25, 0.3) is 0 Å². The number of carbonyl (C=O) groups excluding carboxylic acids is 1. The molecule has 1 aliphatic heterocycles. The Morgan fingerprint density at radius 1 is 1.12 bits per heavy atom. The van der Waals surface area contributed by atoms with Gasteiger partial charge in [0.1, 0.15) is 11.4 Å². The summed E-state index contributed by atoms with van der Waals surface area (Å²) in [6, 6.07) is 13.9. The van der Waals surface area contributed by atoms with Crippen molar-refractivity contribution in [2.24, 2.45) is 0 Å². The number of aromatic nitrogens is 2. The van der Waals surface area contributed by atoms with E-state index in [-0.39, 0.29) is 35.0 Å². The lowest BCUT2D eigenvalue weighted by Gasteiger charge is -2.34. The number of carbonyl (C=O) groups is 1. The van der Waals surface area contributed by atoms with Crippen LogP contribution in [0.15, 0.2) is 71.8 Å². The van der Waals surface area contributed by atoms with Crippen LogP contribution < -0.4 is 5.32 Å². The molecule has 2 heterocycles. The maximum atomic E-state index is 13.8. The summed E-state index contributed by atoms with van der Waals surface area (Å²) in [7, 11) is -2.22. The Labute approximate surface area is 195 Å². The smallest absolute Gasteiger partial charge is 0.363 e. The van der Waals surface area contributed by atoms with E-state index in [4.69, 9.17) is 0 Å². The van der Waals surface area contributed by atoms with E-state index in [0.29, 0.717) is 5.56 Å². The summed E-state index contributed by atoms with van der Waals surface area (Å²) in [5.74, 6) is -0.981. The molecule has 1 amide bonds. The van der Waals surface area contributed by atoms with Crippen LogP contribution in [0, 0.1) is 0 Å². The van der Waals surface area contributed by atoms with Gasteiger partial charge in [-0.25, -0.2) is 13.1 Å². The van der Waals surface area contributed by atoms with Gasteiger partial charge >= 0.3 is 6.18 Å². The highest BCUT2D eigenvalue weighted by atomic mass is 32.2. The number of rotatable bonds is 6. The van der Waals surface area contributed by atoms with Crippen LogP contribution >= 0.6 is 0 Å². The number of benzene rings is 2. The van der Waals surface area contributed by atoms with Gasteiger partial charge in [-0.15, -0.1) is 0 Å². The number of alkyl halides is 3. The lowest BCUT2D eigenvalue weighted by atomic mass is 9.96. The van der Waals surface area contributed by atoms with Crippen molar-refractivity contribution >= 4 is 21.6 Å². The van der Waals surface area contributed by atoms with Gasteiger partial charge in [0.2, 0.25) is 0 Å². The summed E-state index contributed by atoms with van der Waals surface area (Å²) in [4.78, 5) is 14.4. The van der Waals surface area contributed by atoms with Crippen molar-refractivity contribution in [2.45, 2.75) is 29.6 Å². The minimum atomic E-state index is -4.56. The molecule has 4 rings (SSSR count). The van der Waals surface area contributed by atoms with Gasteiger partial charge in [0.25, 0.3) is 5.91 Å². The molecular formula is C23H23F3N4O3S. The third-order valence-electron chi connectivity index (χ3n) is 5.82. The molecule has 0 saturated heterocycles. The first-order valence-corrected chi connectivity index (χ1v) is 12.2. The second kappa shape index (κ2) is 9.13. The number of sulfone groups is 1. The Bertz CT molecular complexity index is 1260. The summed E-state index contributed by atoms with van der Waals surface area (Å²) in [6.07, 6.45) is -3.74. The molecule has 0 fully saturated rings. The van der Waals surface area contributed by atoms with E-state index in [1.807, 2.05) is 0 Å². The van der Waals surface area contributed by atoms with Crippen molar-refractivity contribution in [2.75, 3.05) is 24.7 Å². The molecule has 0 aliphatic carbocycles. The second-order valence-corrected chi connectivity index (χ2v) is 10.2. The quantitative estimate of drug-likeness (QED) is 0.561. The third kappa shape index (κ3) is 4.79. The Kier molecular flexibility index (Phi) is 6.39. The molecule has 3 aromatic rings. The second-order valence-electron chi connectivity index (χ2n) is 8.11. The first-order valence-electron chi connectivity index (χ1n) is 10.6. The first kappa shape index (κ1) is 23.8. The molecule has 1 aromatic heterocycles. The van der Waals surface area contributed by atoms with Gasteiger partial charge in [0, 0.05) is 20.0 Å². The zero-order valence-electron chi connectivity index (χ0n) is 18.2. The van der Waals surface area contributed by atoms with E-state index in [9.17, 15) is 26.4 Å². The highest BCUT2D eigenvalue weighted by molar-refractivity contribution is 7.91. The van der Waals surface area contributed by atoms with E-state index in [0.717, 1.165) is 10.9 Å². The zero-order chi connectivity index (χ0) is 24.5. The number of halogens is 3. The summed E-state index contributed by atoms with van der Waals surface area (Å²) in [5, 5.41) is 6.89.